The molecule has 0 unspecified atom stereocenters. The zero-order valence-corrected chi connectivity index (χ0v) is 30.3. The molecule has 4 heterocycles. The van der Waals surface area contributed by atoms with Crippen molar-refractivity contribution in [1.82, 2.24) is 9.97 Å². The van der Waals surface area contributed by atoms with Gasteiger partial charge in [-0.2, -0.15) is 11.3 Å². The van der Waals surface area contributed by atoms with E-state index in [1.807, 2.05) is 69.3 Å². The van der Waals surface area contributed by atoms with Crippen LogP contribution in [0.5, 0.6) is 0 Å². The van der Waals surface area contributed by atoms with Gasteiger partial charge < -0.3 is 14.4 Å². The van der Waals surface area contributed by atoms with Crippen molar-refractivity contribution < 1.29 is 31.4 Å². The summed E-state index contributed by atoms with van der Waals surface area (Å²) in [4.78, 5) is 8.77. The second kappa shape index (κ2) is 13.3. The maximum Gasteiger partial charge on any atom is 0.143 e. The van der Waals surface area contributed by atoms with Crippen LogP contribution in [0.15, 0.2) is 126 Å². The van der Waals surface area contributed by atoms with Gasteiger partial charge in [-0.05, 0) is 69.9 Å². The van der Waals surface area contributed by atoms with Gasteiger partial charge in [0.25, 0.3) is 0 Å². The van der Waals surface area contributed by atoms with Gasteiger partial charge in [0, 0.05) is 65.6 Å². The van der Waals surface area contributed by atoms with E-state index in [0.717, 1.165) is 59.9 Å². The van der Waals surface area contributed by atoms with E-state index < -0.39 is 18.6 Å². The Bertz CT molecular complexity index is 2790. The zero-order valence-electron chi connectivity index (χ0n) is 32.1. The third-order valence-electron chi connectivity index (χ3n) is 8.22. The Labute approximate surface area is 311 Å². The molecule has 9 aromatic rings. The molecule has 4 aromatic heterocycles. The first-order chi connectivity index (χ1) is 25.3. The summed E-state index contributed by atoms with van der Waals surface area (Å²) in [5.41, 5.74) is 5.41. The molecule has 0 spiro atoms. The van der Waals surface area contributed by atoms with Gasteiger partial charge in [0.2, 0.25) is 0 Å². The first-order valence-electron chi connectivity index (χ1n) is 18.3. The maximum atomic E-state index is 8.75. The minimum atomic E-state index is -2.09. The molecule has 0 atom stereocenters. The van der Waals surface area contributed by atoms with E-state index in [1.165, 1.54) is 21.7 Å². The van der Waals surface area contributed by atoms with Crippen molar-refractivity contribution in [3.63, 3.8) is 0 Å². The second-order valence-corrected chi connectivity index (χ2v) is 13.8. The summed E-state index contributed by atoms with van der Waals surface area (Å²) in [7, 11) is 0. The van der Waals surface area contributed by atoms with Crippen LogP contribution in [0.4, 0.5) is 0 Å². The summed E-state index contributed by atoms with van der Waals surface area (Å²) in [6.07, 6.45) is 1.61. The van der Waals surface area contributed by atoms with E-state index in [-0.39, 0.29) is 25.7 Å². The molecule has 0 aliphatic heterocycles. The third-order valence-corrected chi connectivity index (χ3v) is 9.49. The Morgan fingerprint density at radius 1 is 0.735 bits per heavy atom. The molecule has 0 saturated heterocycles. The molecule has 49 heavy (non-hydrogen) atoms. The number of pyridine rings is 2. The first-order valence-corrected chi connectivity index (χ1v) is 16.6. The maximum absolute atomic E-state index is 8.75. The van der Waals surface area contributed by atoms with Crippen molar-refractivity contribution in [3.8, 4) is 22.5 Å². The summed E-state index contributed by atoms with van der Waals surface area (Å²) < 4.78 is 47.8. The zero-order chi connectivity index (χ0) is 37.1. The fraction of sp³-hybridized carbons (Fsp3) is 0.136. The fourth-order valence-electron chi connectivity index (χ4n) is 6.16. The number of benzene rings is 5. The van der Waals surface area contributed by atoms with E-state index >= 15 is 0 Å². The molecule has 3 nitrogen and oxygen atoms in total. The number of aryl methyl sites for hydroxylation is 1. The van der Waals surface area contributed by atoms with Crippen molar-refractivity contribution in [3.05, 3.63) is 145 Å². The van der Waals surface area contributed by atoms with Gasteiger partial charge in [0.15, 0.2) is 0 Å². The number of rotatable bonds is 3. The van der Waals surface area contributed by atoms with Crippen LogP contribution in [0.2, 0.25) is 0 Å². The molecule has 0 bridgehead atoms. The molecule has 5 heteroatoms. The van der Waals surface area contributed by atoms with Crippen LogP contribution < -0.4 is 0 Å². The van der Waals surface area contributed by atoms with E-state index in [2.05, 4.69) is 58.5 Å². The summed E-state index contributed by atoms with van der Waals surface area (Å²) in [6.45, 7) is 3.69. The van der Waals surface area contributed by atoms with Crippen LogP contribution >= 0.6 is 11.3 Å². The molecular weight excluding hydrogens is 797 g/mol. The summed E-state index contributed by atoms with van der Waals surface area (Å²) >= 11 is 1.74. The summed E-state index contributed by atoms with van der Waals surface area (Å²) in [6, 6.07) is 41.8. The molecule has 9 rings (SSSR count). The first kappa shape index (κ1) is 27.2. The molecule has 0 saturated carbocycles. The normalized spacial score (nSPS) is 13.7. The topological polar surface area (TPSA) is 38.9 Å². The molecule has 1 radical (unpaired) electrons. The Kier molecular flexibility index (Phi) is 7.39. The minimum Gasteiger partial charge on any atom is -0.455 e. The van der Waals surface area contributed by atoms with Gasteiger partial charge >= 0.3 is 0 Å². The van der Waals surface area contributed by atoms with Crippen molar-refractivity contribution in [2.45, 2.75) is 34.0 Å². The number of hydrogen-bond donors (Lipinski definition) is 0. The Hall–Kier alpha value is -4.67. The predicted octanol–water partition coefficient (Wildman–Crippen LogP) is 12.4. The SMILES string of the molecule is [2H]C([2H])([2H])c1ccc(-c2[c-]cccc2)nc1.[2H]C([2H])(c1ccnc(-c2[c-]ccc3c2sc2c3ccc3c2ccc2c4ccccc4oc23)c1)C(C)(C)C.[Ir]. The standard InChI is InChI=1S/C32H24NOS.C12H10N.Ir/c1-32(2,3)18-19-15-16-33-27(17-19)26-9-6-8-23-25-14-12-22-24(30(25)35-31(23)26)13-11-21-20-7-4-5-10-28(20)34-29(21)22;1-10-7-8-12(13-9-10)11-5-3-2-4-6-11;/h4-8,10-17H,18H2,1-3H3;2-5,7-9H,1H3;/q2*-1;/i18D2;1D3;. The average Bonchev–Trinajstić information content (AvgIpc) is 3.74. The second-order valence-electron chi connectivity index (χ2n) is 12.8. The van der Waals surface area contributed by atoms with E-state index in [0.29, 0.717) is 5.56 Å². The molecule has 0 aliphatic carbocycles. The Morgan fingerprint density at radius 3 is 2.24 bits per heavy atom. The minimum absolute atomic E-state index is 0. The number of aromatic nitrogens is 2. The Morgan fingerprint density at radius 2 is 1.49 bits per heavy atom. The number of furan rings is 1. The van der Waals surface area contributed by atoms with Crippen LogP contribution in [0.3, 0.4) is 0 Å². The molecule has 5 aromatic carbocycles. The van der Waals surface area contributed by atoms with Gasteiger partial charge in [-0.15, -0.1) is 59.7 Å². The summed E-state index contributed by atoms with van der Waals surface area (Å²) in [5.74, 6) is 0. The van der Waals surface area contributed by atoms with E-state index in [1.54, 1.807) is 41.8 Å². The monoisotopic (exact) mass is 836 g/mol. The van der Waals surface area contributed by atoms with Gasteiger partial charge in [0.05, 0.1) is 0 Å². The number of nitrogens with zero attached hydrogens (tertiary/aromatic N) is 2. The van der Waals surface area contributed by atoms with Gasteiger partial charge in [-0.3, -0.25) is 0 Å². The van der Waals surface area contributed by atoms with Crippen molar-refractivity contribution >= 4 is 64.2 Å². The van der Waals surface area contributed by atoms with E-state index in [4.69, 9.17) is 11.3 Å². The Balaban J connectivity index is 0.000000223. The van der Waals surface area contributed by atoms with Gasteiger partial charge in [0.1, 0.15) is 11.2 Å². The number of para-hydroxylation sites is 1. The quantitative estimate of drug-likeness (QED) is 0.166. The smallest absolute Gasteiger partial charge is 0.143 e. The van der Waals surface area contributed by atoms with Crippen molar-refractivity contribution in [1.29, 1.82) is 0 Å². The fourth-order valence-corrected chi connectivity index (χ4v) is 7.49. The largest absolute Gasteiger partial charge is 0.455 e. The van der Waals surface area contributed by atoms with Crippen LogP contribution in [0.1, 0.15) is 38.8 Å². The molecule has 0 amide bonds. The molecule has 0 fully saturated rings. The van der Waals surface area contributed by atoms with Crippen molar-refractivity contribution in [2.75, 3.05) is 0 Å². The number of thiophene rings is 1. The van der Waals surface area contributed by atoms with Gasteiger partial charge in [-0.1, -0.05) is 80.3 Å². The predicted molar refractivity (Wildman–Crippen MR) is 203 cm³/mol. The van der Waals surface area contributed by atoms with Crippen LogP contribution in [0.25, 0.3) is 75.4 Å². The average molecular weight is 836 g/mol. The molecule has 0 aliphatic rings. The molecule has 0 N–H and O–H groups in total. The van der Waals surface area contributed by atoms with Crippen molar-refractivity contribution in [2.24, 2.45) is 5.41 Å². The molecule has 243 valence electrons. The van der Waals surface area contributed by atoms with Gasteiger partial charge in [-0.25, -0.2) is 0 Å². The van der Waals surface area contributed by atoms with Crippen LogP contribution in [-0.2, 0) is 26.5 Å². The van der Waals surface area contributed by atoms with Crippen LogP contribution in [-0.4, -0.2) is 9.97 Å². The number of hydrogen-bond acceptors (Lipinski definition) is 4. The summed E-state index contributed by atoms with van der Waals surface area (Å²) in [5, 5.41) is 6.89. The van der Waals surface area contributed by atoms with Crippen LogP contribution in [0, 0.1) is 24.4 Å². The van der Waals surface area contributed by atoms with E-state index in [9.17, 15) is 0 Å². The third kappa shape index (κ3) is 6.42. The molecular formula is C44H34IrN2OS-2. The number of fused-ring (bicyclic) bond motifs is 9.